The van der Waals surface area contributed by atoms with Gasteiger partial charge in [0, 0.05) is 17.8 Å². The quantitative estimate of drug-likeness (QED) is 0.462. The monoisotopic (exact) mass is 461 g/mol. The summed E-state index contributed by atoms with van der Waals surface area (Å²) < 4.78 is 36.8. The molecular formula is C21H30F3N3O5. The Labute approximate surface area is 185 Å². The van der Waals surface area contributed by atoms with E-state index in [4.69, 9.17) is 20.4 Å². The van der Waals surface area contributed by atoms with Crippen molar-refractivity contribution in [3.05, 3.63) is 36.4 Å². The molecule has 2 atom stereocenters. The number of hydrogen-bond donors (Lipinski definition) is 4. The smallest absolute Gasteiger partial charge is 0.490 e. The van der Waals surface area contributed by atoms with Gasteiger partial charge in [0.15, 0.2) is 0 Å². The maximum atomic E-state index is 12.1. The maximum absolute atomic E-state index is 12.1. The van der Waals surface area contributed by atoms with Crippen molar-refractivity contribution in [1.29, 1.82) is 0 Å². The van der Waals surface area contributed by atoms with Crippen LogP contribution < -0.4 is 21.1 Å². The first-order valence-corrected chi connectivity index (χ1v) is 9.54. The van der Waals surface area contributed by atoms with E-state index in [-0.39, 0.29) is 23.3 Å². The van der Waals surface area contributed by atoms with Gasteiger partial charge in [0.25, 0.3) is 0 Å². The SMILES string of the molecule is COc1ccc(NC(=O)C=C[C@H](CC(C)(C)C)NC(=O)[C@H](C)N)cc1.O=C(O)C(F)(F)F. The van der Waals surface area contributed by atoms with E-state index in [0.717, 1.165) is 5.75 Å². The van der Waals surface area contributed by atoms with E-state index in [1.807, 2.05) is 0 Å². The molecule has 32 heavy (non-hydrogen) atoms. The topological polar surface area (TPSA) is 131 Å². The fraction of sp³-hybridized carbons (Fsp3) is 0.476. The van der Waals surface area contributed by atoms with E-state index in [9.17, 15) is 22.8 Å². The average molecular weight is 461 g/mol. The number of nitrogens with two attached hydrogens (primary N) is 1. The molecule has 0 spiro atoms. The van der Waals surface area contributed by atoms with E-state index in [0.29, 0.717) is 12.1 Å². The number of nitrogens with one attached hydrogen (secondary N) is 2. The van der Waals surface area contributed by atoms with Crippen LogP contribution in [0, 0.1) is 5.41 Å². The molecule has 1 aromatic rings. The number of carboxylic acid groups (broad SMARTS) is 1. The van der Waals surface area contributed by atoms with E-state index >= 15 is 0 Å². The van der Waals surface area contributed by atoms with Crippen LogP contribution in [0.5, 0.6) is 5.75 Å². The largest absolute Gasteiger partial charge is 0.497 e. The molecule has 0 heterocycles. The van der Waals surface area contributed by atoms with Gasteiger partial charge in [-0.05, 0) is 43.0 Å². The Kier molecular flexibility index (Phi) is 11.5. The number of halogens is 3. The Morgan fingerprint density at radius 3 is 2.03 bits per heavy atom. The Balaban J connectivity index is 0.00000118. The van der Waals surface area contributed by atoms with Gasteiger partial charge in [-0.15, -0.1) is 0 Å². The van der Waals surface area contributed by atoms with Crippen molar-refractivity contribution in [3.8, 4) is 5.75 Å². The van der Waals surface area contributed by atoms with Crippen molar-refractivity contribution in [2.45, 2.75) is 52.4 Å². The lowest BCUT2D eigenvalue weighted by atomic mass is 9.88. The fourth-order valence-electron chi connectivity index (χ4n) is 2.20. The first kappa shape index (κ1) is 28.9. The second-order valence-corrected chi connectivity index (χ2v) is 8.05. The molecule has 0 saturated carbocycles. The average Bonchev–Trinajstić information content (AvgIpc) is 2.65. The zero-order valence-electron chi connectivity index (χ0n) is 18.6. The van der Waals surface area contributed by atoms with Gasteiger partial charge in [-0.25, -0.2) is 4.79 Å². The number of ether oxygens (including phenoxy) is 1. The summed E-state index contributed by atoms with van der Waals surface area (Å²) in [6, 6.07) is 6.20. The first-order valence-electron chi connectivity index (χ1n) is 9.54. The summed E-state index contributed by atoms with van der Waals surface area (Å²) in [5.41, 5.74) is 6.27. The molecule has 2 amide bonds. The molecule has 0 radical (unpaired) electrons. The molecule has 0 aliphatic rings. The Morgan fingerprint density at radius 2 is 1.66 bits per heavy atom. The summed E-state index contributed by atoms with van der Waals surface area (Å²) in [5, 5.41) is 12.8. The van der Waals surface area contributed by atoms with E-state index in [1.165, 1.54) is 6.08 Å². The summed E-state index contributed by atoms with van der Waals surface area (Å²) in [5.74, 6) is -2.54. The summed E-state index contributed by atoms with van der Waals surface area (Å²) in [7, 11) is 1.59. The number of carbonyl (C=O) groups is 3. The van der Waals surface area contributed by atoms with Gasteiger partial charge in [0.05, 0.1) is 13.2 Å². The summed E-state index contributed by atoms with van der Waals surface area (Å²) >= 11 is 0. The van der Waals surface area contributed by atoms with Crippen LogP contribution in [-0.2, 0) is 14.4 Å². The van der Waals surface area contributed by atoms with Gasteiger partial charge in [-0.1, -0.05) is 26.8 Å². The number of hydrogen-bond acceptors (Lipinski definition) is 5. The summed E-state index contributed by atoms with van der Waals surface area (Å²) in [6.07, 6.45) is -1.26. The molecule has 1 aromatic carbocycles. The number of alkyl halides is 3. The van der Waals surface area contributed by atoms with E-state index < -0.39 is 18.2 Å². The molecule has 0 saturated heterocycles. The Bertz CT molecular complexity index is 785. The zero-order chi connectivity index (χ0) is 25.1. The molecule has 0 fully saturated rings. The number of methoxy groups -OCH3 is 1. The highest BCUT2D eigenvalue weighted by molar-refractivity contribution is 5.99. The lowest BCUT2D eigenvalue weighted by Crippen LogP contribution is -2.44. The highest BCUT2D eigenvalue weighted by Crippen LogP contribution is 2.21. The Morgan fingerprint density at radius 1 is 1.16 bits per heavy atom. The van der Waals surface area contributed by atoms with Crippen molar-refractivity contribution in [2.24, 2.45) is 11.1 Å². The van der Waals surface area contributed by atoms with Gasteiger partial charge in [0.2, 0.25) is 11.8 Å². The van der Waals surface area contributed by atoms with Crippen LogP contribution in [0.2, 0.25) is 0 Å². The number of carboxylic acids is 1. The normalized spacial score (nSPS) is 13.4. The molecule has 180 valence electrons. The molecular weight excluding hydrogens is 431 g/mol. The van der Waals surface area contributed by atoms with Gasteiger partial charge in [-0.3, -0.25) is 9.59 Å². The number of aliphatic carboxylic acids is 1. The van der Waals surface area contributed by atoms with Gasteiger partial charge in [0.1, 0.15) is 5.75 Å². The van der Waals surface area contributed by atoms with Crippen LogP contribution in [0.25, 0.3) is 0 Å². The van der Waals surface area contributed by atoms with Crippen molar-refractivity contribution in [3.63, 3.8) is 0 Å². The van der Waals surface area contributed by atoms with Crippen molar-refractivity contribution in [2.75, 3.05) is 12.4 Å². The van der Waals surface area contributed by atoms with Crippen LogP contribution in [0.4, 0.5) is 18.9 Å². The number of amides is 2. The minimum absolute atomic E-state index is 0.00736. The van der Waals surface area contributed by atoms with Crippen LogP contribution in [0.3, 0.4) is 0 Å². The van der Waals surface area contributed by atoms with Crippen LogP contribution in [0.15, 0.2) is 36.4 Å². The minimum Gasteiger partial charge on any atom is -0.497 e. The van der Waals surface area contributed by atoms with Crippen molar-refractivity contribution < 1.29 is 37.4 Å². The number of carbonyl (C=O) groups excluding carboxylic acids is 2. The fourth-order valence-corrected chi connectivity index (χ4v) is 2.20. The van der Waals surface area contributed by atoms with E-state index in [1.54, 1.807) is 44.4 Å². The first-order chi connectivity index (χ1) is 14.5. The molecule has 0 aromatic heterocycles. The van der Waals surface area contributed by atoms with Gasteiger partial charge in [-0.2, -0.15) is 13.2 Å². The number of benzene rings is 1. The molecule has 8 nitrogen and oxygen atoms in total. The molecule has 11 heteroatoms. The standard InChI is InChI=1S/C19H29N3O3.C2HF3O2/c1-13(20)18(24)22-15(12-19(2,3)4)8-11-17(23)21-14-6-9-16(25-5)10-7-14;3-2(4,5)1(6)7/h6-11,13,15H,12,20H2,1-5H3,(H,21,23)(H,22,24);(H,6,7)/t13-,15+;/m0./s1. The third-order valence-electron chi connectivity index (χ3n) is 3.65. The third kappa shape index (κ3) is 13.3. The van der Waals surface area contributed by atoms with Crippen LogP contribution in [-0.4, -0.2) is 48.3 Å². The summed E-state index contributed by atoms with van der Waals surface area (Å²) in [4.78, 5) is 32.8. The molecule has 0 unspecified atom stereocenters. The molecule has 0 aliphatic carbocycles. The molecule has 5 N–H and O–H groups in total. The predicted octanol–water partition coefficient (Wildman–Crippen LogP) is 3.09. The van der Waals surface area contributed by atoms with Crippen LogP contribution in [0.1, 0.15) is 34.1 Å². The minimum atomic E-state index is -5.08. The lowest BCUT2D eigenvalue weighted by molar-refractivity contribution is -0.192. The highest BCUT2D eigenvalue weighted by atomic mass is 19.4. The third-order valence-corrected chi connectivity index (χ3v) is 3.65. The lowest BCUT2D eigenvalue weighted by Gasteiger charge is -2.25. The highest BCUT2D eigenvalue weighted by Gasteiger charge is 2.38. The van der Waals surface area contributed by atoms with Crippen LogP contribution >= 0.6 is 0 Å². The maximum Gasteiger partial charge on any atom is 0.490 e. The van der Waals surface area contributed by atoms with E-state index in [2.05, 4.69) is 31.4 Å². The summed E-state index contributed by atoms with van der Waals surface area (Å²) in [6.45, 7) is 7.85. The van der Waals surface area contributed by atoms with Gasteiger partial charge < -0.3 is 26.2 Å². The second kappa shape index (κ2) is 12.7. The molecule has 0 aliphatic heterocycles. The van der Waals surface area contributed by atoms with Crippen molar-refractivity contribution >= 4 is 23.5 Å². The molecule has 1 rings (SSSR count). The van der Waals surface area contributed by atoms with Gasteiger partial charge >= 0.3 is 12.1 Å². The molecule has 0 bridgehead atoms. The zero-order valence-corrected chi connectivity index (χ0v) is 18.6. The van der Waals surface area contributed by atoms with Crippen molar-refractivity contribution in [1.82, 2.24) is 5.32 Å². The second-order valence-electron chi connectivity index (χ2n) is 8.05. The Hall–Kier alpha value is -3.08. The predicted molar refractivity (Wildman–Crippen MR) is 114 cm³/mol. The number of rotatable bonds is 7. The number of anilines is 1.